The van der Waals surface area contributed by atoms with Crippen LogP contribution in [0.15, 0.2) is 150 Å². The zero-order valence-electron chi connectivity index (χ0n) is 23.6. The van der Waals surface area contributed by atoms with Gasteiger partial charge >= 0.3 is 0 Å². The molecule has 0 saturated carbocycles. The Morgan fingerprint density at radius 1 is 0.500 bits per heavy atom. The fourth-order valence-corrected chi connectivity index (χ4v) is 8.84. The molecular weight excluding hydrogens is 575 g/mol. The number of rotatable bonds is 4. The molecule has 0 radical (unpaired) electrons. The molecule has 1 unspecified atom stereocenters. The van der Waals surface area contributed by atoms with E-state index in [2.05, 4.69) is 108 Å². The van der Waals surface area contributed by atoms with Crippen LogP contribution in [0.1, 0.15) is 22.9 Å². The molecule has 0 bridgehead atoms. The first-order chi connectivity index (χ1) is 21.8. The Balaban J connectivity index is 1.24. The molecule has 0 amide bonds. The van der Waals surface area contributed by atoms with E-state index >= 15 is 0 Å². The summed E-state index contributed by atoms with van der Waals surface area (Å²) >= 11 is 3.75. The van der Waals surface area contributed by atoms with Crippen LogP contribution in [0.5, 0.6) is 0 Å². The summed E-state index contributed by atoms with van der Waals surface area (Å²) in [6.45, 7) is 0. The molecule has 8 aromatic rings. The number of fused-ring (bicyclic) bond motifs is 6. The van der Waals surface area contributed by atoms with Crippen LogP contribution < -0.4 is 5.32 Å². The van der Waals surface area contributed by atoms with E-state index in [1.807, 2.05) is 59.1 Å². The molecule has 1 N–H and O–H groups in total. The maximum atomic E-state index is 5.20. The summed E-state index contributed by atoms with van der Waals surface area (Å²) in [5.41, 5.74) is 5.78. The number of hydrogen-bond donors (Lipinski definition) is 1. The summed E-state index contributed by atoms with van der Waals surface area (Å²) in [6.07, 6.45) is -0.283. The van der Waals surface area contributed by atoms with Gasteiger partial charge in [0, 0.05) is 68.2 Å². The molecule has 3 heterocycles. The highest BCUT2D eigenvalue weighted by Crippen LogP contribution is 2.46. The predicted octanol–water partition coefficient (Wildman–Crippen LogP) is 10.6. The first kappa shape index (κ1) is 25.4. The lowest BCUT2D eigenvalue weighted by molar-refractivity contribution is 0.680. The van der Waals surface area contributed by atoms with Crippen molar-refractivity contribution >= 4 is 74.7 Å². The van der Waals surface area contributed by atoms with Crippen molar-refractivity contribution in [2.45, 2.75) is 6.17 Å². The summed E-state index contributed by atoms with van der Waals surface area (Å²) < 4.78 is 5.23. The minimum Gasteiger partial charge on any atom is -0.344 e. The van der Waals surface area contributed by atoms with Gasteiger partial charge in [0.2, 0.25) is 0 Å². The second kappa shape index (κ2) is 10.3. The molecule has 0 saturated heterocycles. The summed E-state index contributed by atoms with van der Waals surface area (Å²) in [5.74, 6) is 1.57. The van der Waals surface area contributed by atoms with Gasteiger partial charge in [-0.3, -0.25) is 0 Å². The summed E-state index contributed by atoms with van der Waals surface area (Å²) in [6, 6.07) is 49.4. The molecular formula is C39H25N3S2. The van der Waals surface area contributed by atoms with Crippen LogP contribution in [0.25, 0.3) is 51.5 Å². The first-order valence-electron chi connectivity index (χ1n) is 14.7. The van der Waals surface area contributed by atoms with Crippen molar-refractivity contribution in [3.8, 4) is 11.1 Å². The Hall–Kier alpha value is -5.10. The number of nitrogens with one attached hydrogen (secondary N) is 1. The second-order valence-corrected chi connectivity index (χ2v) is 13.1. The molecule has 0 fully saturated rings. The quantitative estimate of drug-likeness (QED) is 0.215. The molecule has 0 aliphatic carbocycles. The van der Waals surface area contributed by atoms with Crippen LogP contribution >= 0.6 is 22.7 Å². The van der Waals surface area contributed by atoms with Crippen LogP contribution in [0.2, 0.25) is 0 Å². The first-order valence-corrected chi connectivity index (χ1v) is 16.3. The second-order valence-electron chi connectivity index (χ2n) is 11.0. The Morgan fingerprint density at radius 3 is 1.89 bits per heavy atom. The monoisotopic (exact) mass is 599 g/mol. The maximum Gasteiger partial charge on any atom is 0.159 e. The van der Waals surface area contributed by atoms with Crippen molar-refractivity contribution in [1.82, 2.24) is 5.32 Å². The zero-order chi connectivity index (χ0) is 29.0. The molecule has 1 aliphatic heterocycles. The molecule has 6 aromatic carbocycles. The van der Waals surface area contributed by atoms with Gasteiger partial charge in [0.1, 0.15) is 12.0 Å². The Kier molecular flexibility index (Phi) is 5.93. The van der Waals surface area contributed by atoms with Crippen molar-refractivity contribution in [1.29, 1.82) is 0 Å². The highest BCUT2D eigenvalue weighted by Gasteiger charge is 2.24. The minimum absolute atomic E-state index is 0.283. The van der Waals surface area contributed by atoms with Gasteiger partial charge in [-0.25, -0.2) is 9.98 Å². The van der Waals surface area contributed by atoms with Crippen molar-refractivity contribution < 1.29 is 0 Å². The number of hydrogen-bond acceptors (Lipinski definition) is 5. The Labute approximate surface area is 262 Å². The van der Waals surface area contributed by atoms with Gasteiger partial charge in [-0.05, 0) is 12.1 Å². The van der Waals surface area contributed by atoms with Gasteiger partial charge in [-0.2, -0.15) is 0 Å². The van der Waals surface area contributed by atoms with Gasteiger partial charge in [-0.1, -0.05) is 127 Å². The van der Waals surface area contributed by atoms with Crippen LogP contribution in [0.3, 0.4) is 0 Å². The van der Waals surface area contributed by atoms with Gasteiger partial charge in [0.25, 0.3) is 0 Å². The number of benzene rings is 6. The van der Waals surface area contributed by atoms with Crippen LogP contribution in [-0.2, 0) is 0 Å². The molecule has 44 heavy (non-hydrogen) atoms. The molecule has 2 aromatic heterocycles. The molecule has 1 atom stereocenters. The van der Waals surface area contributed by atoms with Gasteiger partial charge in [-0.15, -0.1) is 22.7 Å². The van der Waals surface area contributed by atoms with Crippen molar-refractivity contribution in [2.24, 2.45) is 9.98 Å². The number of thiophene rings is 2. The summed E-state index contributed by atoms with van der Waals surface area (Å²) in [5, 5.41) is 8.85. The summed E-state index contributed by atoms with van der Waals surface area (Å²) in [4.78, 5) is 10.2. The fourth-order valence-electron chi connectivity index (χ4n) is 6.34. The van der Waals surface area contributed by atoms with Crippen molar-refractivity contribution in [2.75, 3.05) is 0 Å². The fraction of sp³-hybridized carbons (Fsp3) is 0.0256. The molecule has 3 nitrogen and oxygen atoms in total. The normalized spacial score (nSPS) is 15.0. The predicted molar refractivity (Wildman–Crippen MR) is 189 cm³/mol. The Bertz CT molecular complexity index is 2420. The molecule has 208 valence electrons. The van der Waals surface area contributed by atoms with E-state index in [9.17, 15) is 0 Å². The third-order valence-electron chi connectivity index (χ3n) is 8.37. The lowest BCUT2D eigenvalue weighted by atomic mass is 9.98. The van der Waals surface area contributed by atoms with Gasteiger partial charge in [0.15, 0.2) is 5.84 Å². The largest absolute Gasteiger partial charge is 0.344 e. The van der Waals surface area contributed by atoms with E-state index in [1.54, 1.807) is 0 Å². The third-order valence-corrected chi connectivity index (χ3v) is 10.8. The number of nitrogens with zero attached hydrogens (tertiary/aromatic N) is 2. The van der Waals surface area contributed by atoms with Gasteiger partial charge < -0.3 is 5.32 Å². The van der Waals surface area contributed by atoms with E-state index in [0.29, 0.717) is 0 Å². The van der Waals surface area contributed by atoms with E-state index in [-0.39, 0.29) is 6.17 Å². The molecule has 9 rings (SSSR count). The maximum absolute atomic E-state index is 5.20. The van der Waals surface area contributed by atoms with Crippen LogP contribution in [-0.4, -0.2) is 11.7 Å². The van der Waals surface area contributed by atoms with Crippen molar-refractivity contribution in [3.05, 3.63) is 156 Å². The third kappa shape index (κ3) is 4.08. The van der Waals surface area contributed by atoms with E-state index in [1.165, 1.54) is 51.5 Å². The average molecular weight is 600 g/mol. The SMILES string of the molecule is c1ccc(C2=NC(c3cccc4sc5c(-c6cccc7c6sc6ccccc67)cccc5c34)NC(c3ccccc3)=N2)cc1. The highest BCUT2D eigenvalue weighted by molar-refractivity contribution is 7.27. The lowest BCUT2D eigenvalue weighted by Gasteiger charge is -2.24. The Morgan fingerprint density at radius 2 is 1.09 bits per heavy atom. The number of amidine groups is 2. The highest BCUT2D eigenvalue weighted by atomic mass is 32.1. The lowest BCUT2D eigenvalue weighted by Crippen LogP contribution is -2.33. The van der Waals surface area contributed by atoms with Crippen LogP contribution in [0, 0.1) is 0 Å². The van der Waals surface area contributed by atoms with E-state index in [0.717, 1.165) is 28.4 Å². The molecule has 1 aliphatic rings. The van der Waals surface area contributed by atoms with E-state index in [4.69, 9.17) is 9.98 Å². The standard InChI is InChI=1S/C39H25N3S2/c1-3-12-24(13-4-1)37-40-38(25-14-5-2-6-15-25)42-39(41-37)31-21-11-23-33-34(31)30-20-10-19-29(36(30)44-33)28-18-9-17-27-26-16-7-8-22-32(26)43-35(27)28/h1-23,39H,(H,40,41,42). The number of aliphatic imine (C=N–C) groups is 2. The van der Waals surface area contributed by atoms with Crippen molar-refractivity contribution in [3.63, 3.8) is 0 Å². The topological polar surface area (TPSA) is 36.8 Å². The summed E-state index contributed by atoms with van der Waals surface area (Å²) in [7, 11) is 0. The molecule has 5 heteroatoms. The minimum atomic E-state index is -0.283. The van der Waals surface area contributed by atoms with Gasteiger partial charge in [0.05, 0.1) is 0 Å². The molecule has 0 spiro atoms. The van der Waals surface area contributed by atoms with E-state index < -0.39 is 0 Å². The average Bonchev–Trinajstić information content (AvgIpc) is 3.68. The zero-order valence-corrected chi connectivity index (χ0v) is 25.2. The smallest absolute Gasteiger partial charge is 0.159 e. The van der Waals surface area contributed by atoms with Crippen LogP contribution in [0.4, 0.5) is 0 Å².